The predicted octanol–water partition coefficient (Wildman–Crippen LogP) is 2.75. The first-order valence-electron chi connectivity index (χ1n) is 8.33. The van der Waals surface area contributed by atoms with Gasteiger partial charge < -0.3 is 20.2 Å². The highest BCUT2D eigenvalue weighted by Crippen LogP contribution is 2.28. The van der Waals surface area contributed by atoms with E-state index in [1.165, 1.54) is 23.4 Å². The average Bonchev–Trinajstić information content (AvgIpc) is 2.63. The van der Waals surface area contributed by atoms with Gasteiger partial charge in [-0.05, 0) is 12.1 Å². The van der Waals surface area contributed by atoms with Crippen LogP contribution in [0.15, 0.2) is 30.7 Å². The molecule has 0 bridgehead atoms. The molecule has 1 aromatic carbocycles. The third-order valence-corrected chi connectivity index (χ3v) is 4.86. The molecule has 2 N–H and O–H groups in total. The number of carboxylic acid groups (broad SMARTS) is 1. The third-order valence-electron chi connectivity index (χ3n) is 4.57. The Balaban J connectivity index is 1.64. The minimum atomic E-state index is -0.951. The summed E-state index contributed by atoms with van der Waals surface area (Å²) in [6.45, 7) is 0.745. The van der Waals surface area contributed by atoms with Gasteiger partial charge in [-0.2, -0.15) is 0 Å². The molecule has 0 saturated carbocycles. The molecule has 0 radical (unpaired) electrons. The Bertz CT molecular complexity index is 1060. The number of fused-ring (bicyclic) bond motifs is 1. The summed E-state index contributed by atoms with van der Waals surface area (Å²) in [5.41, 5.74) is 1.06. The number of likely N-dealkylation sites (N-methyl/N-ethyl adjacent to an activating group) is 1. The van der Waals surface area contributed by atoms with Crippen LogP contribution < -0.4 is 10.2 Å². The first-order valence-corrected chi connectivity index (χ1v) is 8.71. The number of hydrogen-bond donors (Lipinski definition) is 2. The lowest BCUT2D eigenvalue weighted by Gasteiger charge is -2.42. The number of hydrogen-bond acceptors (Lipinski definition) is 7. The van der Waals surface area contributed by atoms with Gasteiger partial charge in [-0.25, -0.2) is 29.1 Å². The Hall–Kier alpha value is -3.27. The molecule has 0 unspecified atom stereocenters. The maximum absolute atomic E-state index is 14.2. The second-order valence-corrected chi connectivity index (χ2v) is 6.71. The van der Waals surface area contributed by atoms with Crippen LogP contribution in [-0.4, -0.2) is 62.2 Å². The highest BCUT2D eigenvalue weighted by atomic mass is 35.5. The molecule has 0 aliphatic carbocycles. The molecule has 0 spiro atoms. The summed E-state index contributed by atoms with van der Waals surface area (Å²) >= 11 is 5.83. The van der Waals surface area contributed by atoms with Crippen molar-refractivity contribution in [2.45, 2.75) is 6.04 Å². The van der Waals surface area contributed by atoms with Gasteiger partial charge in [0.15, 0.2) is 11.6 Å². The quantitative estimate of drug-likeness (QED) is 0.684. The average molecular weight is 404 g/mol. The van der Waals surface area contributed by atoms with Gasteiger partial charge in [-0.3, -0.25) is 0 Å². The molecular weight excluding hydrogens is 389 g/mol. The zero-order valence-electron chi connectivity index (χ0n) is 14.7. The second-order valence-electron chi connectivity index (χ2n) is 6.30. The number of amides is 1. The minimum absolute atomic E-state index is 0.00798. The largest absolute Gasteiger partial charge is 0.465 e. The van der Waals surface area contributed by atoms with Crippen LogP contribution in [0, 0.1) is 5.82 Å². The number of rotatable bonds is 4. The van der Waals surface area contributed by atoms with Crippen molar-refractivity contribution in [3.63, 3.8) is 0 Å². The zero-order chi connectivity index (χ0) is 19.8. The Kier molecular flexibility index (Phi) is 4.55. The molecule has 0 atom stereocenters. The Morgan fingerprint density at radius 1 is 1.36 bits per heavy atom. The summed E-state index contributed by atoms with van der Waals surface area (Å²) in [7, 11) is 1.79. The molecule has 11 heteroatoms. The van der Waals surface area contributed by atoms with E-state index in [0.29, 0.717) is 35.9 Å². The lowest BCUT2D eigenvalue weighted by atomic mass is 10.1. The number of anilines is 3. The summed E-state index contributed by atoms with van der Waals surface area (Å²) in [6.07, 6.45) is 1.92. The van der Waals surface area contributed by atoms with Crippen molar-refractivity contribution < 1.29 is 14.3 Å². The van der Waals surface area contributed by atoms with Gasteiger partial charge in [0.25, 0.3) is 0 Å². The van der Waals surface area contributed by atoms with Crippen molar-refractivity contribution in [1.29, 1.82) is 0 Å². The van der Waals surface area contributed by atoms with Crippen LogP contribution in [-0.2, 0) is 0 Å². The molecule has 1 saturated heterocycles. The van der Waals surface area contributed by atoms with Crippen LogP contribution in [0.3, 0.4) is 0 Å². The van der Waals surface area contributed by atoms with Crippen LogP contribution in [0.25, 0.3) is 11.0 Å². The normalized spacial score (nSPS) is 14.0. The molecular formula is C17H15ClFN7O2. The highest BCUT2D eigenvalue weighted by molar-refractivity contribution is 6.31. The molecule has 3 heterocycles. The summed E-state index contributed by atoms with van der Waals surface area (Å²) in [5, 5.41) is 11.9. The fraction of sp³-hybridized carbons (Fsp3) is 0.235. The molecule has 2 aromatic heterocycles. The van der Waals surface area contributed by atoms with Crippen molar-refractivity contribution in [2.75, 3.05) is 30.4 Å². The molecule has 3 aromatic rings. The van der Waals surface area contributed by atoms with E-state index in [2.05, 4.69) is 25.3 Å². The number of aromatic nitrogens is 4. The van der Waals surface area contributed by atoms with E-state index in [0.717, 1.165) is 0 Å². The maximum Gasteiger partial charge on any atom is 0.407 e. The second kappa shape index (κ2) is 7.04. The lowest BCUT2D eigenvalue weighted by molar-refractivity contribution is 0.105. The van der Waals surface area contributed by atoms with Crippen LogP contribution in [0.4, 0.5) is 26.6 Å². The SMILES string of the molecule is CN(c1ncc2ncnc(Nc3cccc(Cl)c3F)c2n1)C1CN(C(=O)O)C1. The summed E-state index contributed by atoms with van der Waals surface area (Å²) in [5.74, 6) is 0.113. The molecule has 4 rings (SSSR count). The van der Waals surface area contributed by atoms with Gasteiger partial charge in [0, 0.05) is 20.1 Å². The van der Waals surface area contributed by atoms with Gasteiger partial charge in [-0.15, -0.1) is 0 Å². The maximum atomic E-state index is 14.2. The van der Waals surface area contributed by atoms with E-state index in [9.17, 15) is 9.18 Å². The van der Waals surface area contributed by atoms with Gasteiger partial charge >= 0.3 is 6.09 Å². The topological polar surface area (TPSA) is 107 Å². The summed E-state index contributed by atoms with van der Waals surface area (Å²) < 4.78 is 14.2. The van der Waals surface area contributed by atoms with E-state index in [4.69, 9.17) is 16.7 Å². The summed E-state index contributed by atoms with van der Waals surface area (Å²) in [6, 6.07) is 4.59. The Morgan fingerprint density at radius 3 is 2.89 bits per heavy atom. The van der Waals surface area contributed by atoms with Crippen molar-refractivity contribution in [3.8, 4) is 0 Å². The van der Waals surface area contributed by atoms with E-state index in [1.807, 2.05) is 0 Å². The number of nitrogens with zero attached hydrogens (tertiary/aromatic N) is 6. The number of benzene rings is 1. The smallest absolute Gasteiger partial charge is 0.407 e. The van der Waals surface area contributed by atoms with Crippen LogP contribution in [0.1, 0.15) is 0 Å². The highest BCUT2D eigenvalue weighted by Gasteiger charge is 2.34. The summed E-state index contributed by atoms with van der Waals surface area (Å²) in [4.78, 5) is 31.1. The third kappa shape index (κ3) is 3.22. The van der Waals surface area contributed by atoms with Gasteiger partial charge in [-0.1, -0.05) is 17.7 Å². The van der Waals surface area contributed by atoms with Gasteiger partial charge in [0.2, 0.25) is 5.95 Å². The van der Waals surface area contributed by atoms with Crippen molar-refractivity contribution in [3.05, 3.63) is 41.6 Å². The monoisotopic (exact) mass is 403 g/mol. The van der Waals surface area contributed by atoms with Crippen molar-refractivity contribution in [2.24, 2.45) is 0 Å². The predicted molar refractivity (Wildman–Crippen MR) is 102 cm³/mol. The number of carbonyl (C=O) groups is 1. The van der Waals surface area contributed by atoms with E-state index in [-0.39, 0.29) is 16.8 Å². The minimum Gasteiger partial charge on any atom is -0.465 e. The van der Waals surface area contributed by atoms with Crippen molar-refractivity contribution >= 4 is 46.2 Å². The van der Waals surface area contributed by atoms with E-state index in [1.54, 1.807) is 24.2 Å². The first kappa shape index (κ1) is 18.1. The van der Waals surface area contributed by atoms with Crippen molar-refractivity contribution in [1.82, 2.24) is 24.8 Å². The van der Waals surface area contributed by atoms with Gasteiger partial charge in [0.05, 0.1) is 22.9 Å². The molecule has 1 aliphatic heterocycles. The Labute approximate surface area is 163 Å². The molecule has 144 valence electrons. The van der Waals surface area contributed by atoms with Crippen LogP contribution in [0.2, 0.25) is 5.02 Å². The fourth-order valence-electron chi connectivity index (χ4n) is 2.85. The van der Waals surface area contributed by atoms with Crippen LogP contribution >= 0.6 is 11.6 Å². The van der Waals surface area contributed by atoms with E-state index < -0.39 is 11.9 Å². The molecule has 1 fully saturated rings. The van der Waals surface area contributed by atoms with E-state index >= 15 is 0 Å². The van der Waals surface area contributed by atoms with Gasteiger partial charge in [0.1, 0.15) is 17.4 Å². The number of nitrogens with one attached hydrogen (secondary N) is 1. The van der Waals surface area contributed by atoms with Crippen LogP contribution in [0.5, 0.6) is 0 Å². The number of likely N-dealkylation sites (tertiary alicyclic amines) is 1. The molecule has 28 heavy (non-hydrogen) atoms. The fourth-order valence-corrected chi connectivity index (χ4v) is 3.03. The molecule has 1 amide bonds. The standard InChI is InChI=1S/C17H15ClFN7O2/c1-25(9-6-26(7-9)17(27)28)16-20-5-12-14(24-16)15(22-8-21-12)23-11-4-2-3-10(18)13(11)19/h2-5,8-9H,6-7H2,1H3,(H,27,28)(H,21,22,23). The molecule has 9 nitrogen and oxygen atoms in total. The first-order chi connectivity index (χ1) is 13.4. The zero-order valence-corrected chi connectivity index (χ0v) is 15.4. The lowest BCUT2D eigenvalue weighted by Crippen LogP contribution is -2.60. The number of halogens is 2. The Morgan fingerprint density at radius 2 is 2.14 bits per heavy atom. The molecule has 1 aliphatic rings.